The number of hydrogen-bond acceptors (Lipinski definition) is 4. The standard InChI is InChI=1S/C21H16ClFN4OS/c22-14-4-6-17(7-5-14)27-20(28)18-19(26(12-24-18)16-8-9-16)25-21(27)29-11-13-2-1-3-15(23)10-13/h1-7,10,12,16H,8-9,11H2. The molecule has 8 heteroatoms. The molecule has 1 fully saturated rings. The van der Waals surface area contributed by atoms with Crippen LogP contribution in [0.25, 0.3) is 16.9 Å². The van der Waals surface area contributed by atoms with Gasteiger partial charge in [-0.15, -0.1) is 0 Å². The normalized spacial score (nSPS) is 13.9. The van der Waals surface area contributed by atoms with Crippen LogP contribution in [0.1, 0.15) is 24.4 Å². The van der Waals surface area contributed by atoms with Crippen molar-refractivity contribution in [1.82, 2.24) is 19.1 Å². The highest BCUT2D eigenvalue weighted by Crippen LogP contribution is 2.36. The van der Waals surface area contributed by atoms with Crippen molar-refractivity contribution in [2.75, 3.05) is 0 Å². The zero-order valence-corrected chi connectivity index (χ0v) is 16.8. The first-order valence-corrected chi connectivity index (χ1v) is 10.6. The number of hydrogen-bond donors (Lipinski definition) is 0. The number of rotatable bonds is 5. The molecule has 5 nitrogen and oxygen atoms in total. The molecule has 29 heavy (non-hydrogen) atoms. The maximum Gasteiger partial charge on any atom is 0.286 e. The average molecular weight is 427 g/mol. The van der Waals surface area contributed by atoms with E-state index in [9.17, 15) is 9.18 Å². The van der Waals surface area contributed by atoms with Gasteiger partial charge in [0.1, 0.15) is 5.82 Å². The lowest BCUT2D eigenvalue weighted by Gasteiger charge is -2.13. The van der Waals surface area contributed by atoms with Gasteiger partial charge in [-0.05, 0) is 54.8 Å². The Labute approximate surface area is 175 Å². The van der Waals surface area contributed by atoms with Gasteiger partial charge >= 0.3 is 0 Å². The molecule has 0 spiro atoms. The second-order valence-electron chi connectivity index (χ2n) is 6.99. The van der Waals surface area contributed by atoms with Gasteiger partial charge in [0.2, 0.25) is 0 Å². The minimum atomic E-state index is -0.284. The van der Waals surface area contributed by atoms with Crippen molar-refractivity contribution in [2.24, 2.45) is 0 Å². The minimum Gasteiger partial charge on any atom is -0.312 e. The van der Waals surface area contributed by atoms with Crippen LogP contribution in [0.4, 0.5) is 4.39 Å². The van der Waals surface area contributed by atoms with E-state index in [1.54, 1.807) is 41.2 Å². The molecule has 0 aliphatic heterocycles. The second-order valence-corrected chi connectivity index (χ2v) is 8.36. The topological polar surface area (TPSA) is 52.7 Å². The maximum absolute atomic E-state index is 13.6. The fourth-order valence-electron chi connectivity index (χ4n) is 3.26. The first-order chi connectivity index (χ1) is 14.1. The molecule has 0 N–H and O–H groups in total. The van der Waals surface area contributed by atoms with Gasteiger partial charge in [-0.1, -0.05) is 35.5 Å². The van der Waals surface area contributed by atoms with Crippen molar-refractivity contribution in [2.45, 2.75) is 29.8 Å². The molecular formula is C21H16ClFN4OS. The summed E-state index contributed by atoms with van der Waals surface area (Å²) in [6, 6.07) is 13.8. The Bertz CT molecular complexity index is 1260. The number of nitrogens with zero attached hydrogens (tertiary/aromatic N) is 4. The molecule has 0 saturated heterocycles. The molecule has 0 radical (unpaired) electrons. The summed E-state index contributed by atoms with van der Waals surface area (Å²) in [7, 11) is 0. The van der Waals surface area contributed by atoms with Crippen LogP contribution < -0.4 is 5.56 Å². The lowest BCUT2D eigenvalue weighted by molar-refractivity contribution is 0.626. The number of fused-ring (bicyclic) bond motifs is 1. The lowest BCUT2D eigenvalue weighted by Crippen LogP contribution is -2.22. The molecule has 0 bridgehead atoms. The smallest absolute Gasteiger partial charge is 0.286 e. The second kappa shape index (κ2) is 7.31. The zero-order chi connectivity index (χ0) is 20.0. The first-order valence-electron chi connectivity index (χ1n) is 9.23. The summed E-state index contributed by atoms with van der Waals surface area (Å²) >= 11 is 7.41. The summed E-state index contributed by atoms with van der Waals surface area (Å²) in [6.07, 6.45) is 3.84. The van der Waals surface area contributed by atoms with Crippen LogP contribution in [0.2, 0.25) is 5.02 Å². The van der Waals surface area contributed by atoms with Gasteiger partial charge < -0.3 is 4.57 Å². The Morgan fingerprint density at radius 2 is 1.97 bits per heavy atom. The van der Waals surface area contributed by atoms with Crippen LogP contribution in [0.3, 0.4) is 0 Å². The number of imidazole rings is 1. The third kappa shape index (κ3) is 3.56. The molecule has 2 heterocycles. The van der Waals surface area contributed by atoms with E-state index in [-0.39, 0.29) is 11.4 Å². The summed E-state index contributed by atoms with van der Waals surface area (Å²) < 4.78 is 17.1. The average Bonchev–Trinajstić information content (AvgIpc) is 3.47. The lowest BCUT2D eigenvalue weighted by atomic mass is 10.2. The zero-order valence-electron chi connectivity index (χ0n) is 15.3. The number of thioether (sulfide) groups is 1. The van der Waals surface area contributed by atoms with Crippen LogP contribution in [0.15, 0.2) is 64.8 Å². The molecule has 5 rings (SSSR count). The van der Waals surface area contributed by atoms with E-state index < -0.39 is 0 Å². The number of halogens is 2. The largest absolute Gasteiger partial charge is 0.312 e. The molecule has 0 unspecified atom stereocenters. The van der Waals surface area contributed by atoms with Gasteiger partial charge in [0.25, 0.3) is 5.56 Å². The monoisotopic (exact) mass is 426 g/mol. The quantitative estimate of drug-likeness (QED) is 0.333. The Kier molecular flexibility index (Phi) is 4.64. The molecule has 2 aromatic carbocycles. The molecule has 1 aliphatic carbocycles. The summed E-state index contributed by atoms with van der Waals surface area (Å²) in [5, 5.41) is 1.12. The molecule has 2 aromatic heterocycles. The first kappa shape index (κ1) is 18.4. The fraction of sp³-hybridized carbons (Fsp3) is 0.190. The Morgan fingerprint density at radius 3 is 2.69 bits per heavy atom. The predicted octanol–water partition coefficient (Wildman–Crippen LogP) is 5.00. The Morgan fingerprint density at radius 1 is 1.17 bits per heavy atom. The van der Waals surface area contributed by atoms with Crippen LogP contribution in [-0.2, 0) is 5.75 Å². The van der Waals surface area contributed by atoms with Crippen molar-refractivity contribution in [3.05, 3.63) is 81.6 Å². The summed E-state index contributed by atoms with van der Waals surface area (Å²) in [4.78, 5) is 22.4. The predicted molar refractivity (Wildman–Crippen MR) is 112 cm³/mol. The molecule has 0 amide bonds. The highest BCUT2D eigenvalue weighted by Gasteiger charge is 2.27. The highest BCUT2D eigenvalue weighted by molar-refractivity contribution is 7.98. The maximum atomic E-state index is 13.6. The van der Waals surface area contributed by atoms with E-state index in [2.05, 4.69) is 4.98 Å². The van der Waals surface area contributed by atoms with E-state index in [0.29, 0.717) is 38.8 Å². The minimum absolute atomic E-state index is 0.224. The van der Waals surface area contributed by atoms with Crippen LogP contribution in [0, 0.1) is 5.82 Å². The van der Waals surface area contributed by atoms with E-state index in [1.807, 2.05) is 10.6 Å². The van der Waals surface area contributed by atoms with Gasteiger partial charge in [-0.3, -0.25) is 9.36 Å². The molecule has 1 aliphatic rings. The summed E-state index contributed by atoms with van der Waals surface area (Å²) in [5.74, 6) is 0.203. The van der Waals surface area contributed by atoms with Gasteiger partial charge in [0, 0.05) is 16.8 Å². The van der Waals surface area contributed by atoms with E-state index in [1.165, 1.54) is 23.9 Å². The van der Waals surface area contributed by atoms with Crippen LogP contribution in [0.5, 0.6) is 0 Å². The third-order valence-corrected chi connectivity index (χ3v) is 6.11. The molecule has 0 atom stereocenters. The van der Waals surface area contributed by atoms with E-state index in [0.717, 1.165) is 18.4 Å². The van der Waals surface area contributed by atoms with Crippen molar-refractivity contribution in [1.29, 1.82) is 0 Å². The molecule has 1 saturated carbocycles. The SMILES string of the molecule is O=c1c2ncn(C3CC3)c2nc(SCc2cccc(F)c2)n1-c1ccc(Cl)cc1. The van der Waals surface area contributed by atoms with Gasteiger partial charge in [-0.2, -0.15) is 0 Å². The van der Waals surface area contributed by atoms with Crippen molar-refractivity contribution in [3.8, 4) is 5.69 Å². The molecule has 146 valence electrons. The highest BCUT2D eigenvalue weighted by atomic mass is 35.5. The molecule has 4 aromatic rings. The van der Waals surface area contributed by atoms with Crippen molar-refractivity contribution >= 4 is 34.5 Å². The van der Waals surface area contributed by atoms with Gasteiger partial charge in [-0.25, -0.2) is 14.4 Å². The fourth-order valence-corrected chi connectivity index (χ4v) is 4.33. The summed E-state index contributed by atoms with van der Waals surface area (Å²) in [6.45, 7) is 0. The Hall–Kier alpha value is -2.64. The third-order valence-electron chi connectivity index (χ3n) is 4.85. The summed E-state index contributed by atoms with van der Waals surface area (Å²) in [5.41, 5.74) is 2.21. The molecular weight excluding hydrogens is 411 g/mol. The Balaban J connectivity index is 1.64. The van der Waals surface area contributed by atoms with E-state index in [4.69, 9.17) is 16.6 Å². The van der Waals surface area contributed by atoms with Crippen LogP contribution in [-0.4, -0.2) is 19.1 Å². The van der Waals surface area contributed by atoms with E-state index >= 15 is 0 Å². The van der Waals surface area contributed by atoms with Crippen LogP contribution >= 0.6 is 23.4 Å². The van der Waals surface area contributed by atoms with Gasteiger partial charge in [0.05, 0.1) is 12.0 Å². The van der Waals surface area contributed by atoms with Gasteiger partial charge in [0.15, 0.2) is 16.3 Å². The number of benzene rings is 2. The number of aromatic nitrogens is 4. The van der Waals surface area contributed by atoms with Crippen molar-refractivity contribution in [3.63, 3.8) is 0 Å². The van der Waals surface area contributed by atoms with Crippen molar-refractivity contribution < 1.29 is 4.39 Å².